The molecule has 1 aliphatic rings. The van der Waals surface area contributed by atoms with E-state index in [4.69, 9.17) is 0 Å². The van der Waals surface area contributed by atoms with Crippen LogP contribution in [0.1, 0.15) is 43.7 Å². The van der Waals surface area contributed by atoms with E-state index in [1.165, 1.54) is 36.1 Å². The summed E-state index contributed by atoms with van der Waals surface area (Å²) in [7, 11) is 0. The van der Waals surface area contributed by atoms with Gasteiger partial charge in [-0.1, -0.05) is 43.2 Å². The third-order valence-corrected chi connectivity index (χ3v) is 5.79. The standard InChI is InChI=1S/C18H29NOS/c1-3-19-18(14-20)10-5-8-17(18)9-11-21-13-16-7-4-6-15(2)12-16/h4,6-7,12,17,19-20H,3,5,8-11,13-14H2,1-2H3. The molecular formula is C18H29NOS. The van der Waals surface area contributed by atoms with Crippen molar-refractivity contribution in [2.75, 3.05) is 18.9 Å². The lowest BCUT2D eigenvalue weighted by Gasteiger charge is -2.35. The highest BCUT2D eigenvalue weighted by molar-refractivity contribution is 7.98. The second kappa shape index (κ2) is 8.21. The van der Waals surface area contributed by atoms with Gasteiger partial charge in [0, 0.05) is 11.3 Å². The molecule has 2 unspecified atom stereocenters. The topological polar surface area (TPSA) is 32.3 Å². The van der Waals surface area contributed by atoms with Gasteiger partial charge < -0.3 is 10.4 Å². The molecule has 1 aromatic rings. The largest absolute Gasteiger partial charge is 0.394 e. The fourth-order valence-electron chi connectivity index (χ4n) is 3.63. The fraction of sp³-hybridized carbons (Fsp3) is 0.667. The van der Waals surface area contributed by atoms with Gasteiger partial charge in [-0.2, -0.15) is 11.8 Å². The average Bonchev–Trinajstić information content (AvgIpc) is 2.87. The summed E-state index contributed by atoms with van der Waals surface area (Å²) in [6, 6.07) is 8.79. The summed E-state index contributed by atoms with van der Waals surface area (Å²) in [5, 5.41) is 13.4. The van der Waals surface area contributed by atoms with E-state index in [2.05, 4.69) is 43.4 Å². The van der Waals surface area contributed by atoms with Crippen LogP contribution in [0.2, 0.25) is 0 Å². The van der Waals surface area contributed by atoms with Crippen molar-refractivity contribution in [3.05, 3.63) is 35.4 Å². The summed E-state index contributed by atoms with van der Waals surface area (Å²) in [5.74, 6) is 2.92. The minimum absolute atomic E-state index is 0.00134. The molecule has 1 aliphatic carbocycles. The highest BCUT2D eigenvalue weighted by Gasteiger charge is 2.40. The molecule has 0 saturated heterocycles. The lowest BCUT2D eigenvalue weighted by Crippen LogP contribution is -2.51. The molecule has 2 atom stereocenters. The summed E-state index contributed by atoms with van der Waals surface area (Å²) < 4.78 is 0. The van der Waals surface area contributed by atoms with Crippen molar-refractivity contribution in [1.29, 1.82) is 0 Å². The number of hydrogen-bond donors (Lipinski definition) is 2. The number of benzene rings is 1. The molecule has 0 radical (unpaired) electrons. The first kappa shape index (κ1) is 16.9. The summed E-state index contributed by atoms with van der Waals surface area (Å²) >= 11 is 2.02. The predicted octanol–water partition coefficient (Wildman–Crippen LogP) is 3.76. The highest BCUT2D eigenvalue weighted by Crippen LogP contribution is 2.38. The van der Waals surface area contributed by atoms with Gasteiger partial charge in [-0.05, 0) is 50.0 Å². The summed E-state index contributed by atoms with van der Waals surface area (Å²) in [5.41, 5.74) is 2.76. The van der Waals surface area contributed by atoms with Crippen molar-refractivity contribution in [1.82, 2.24) is 5.32 Å². The maximum atomic E-state index is 9.81. The van der Waals surface area contributed by atoms with Gasteiger partial charge in [0.25, 0.3) is 0 Å². The molecule has 0 spiro atoms. The van der Waals surface area contributed by atoms with Crippen molar-refractivity contribution in [3.8, 4) is 0 Å². The van der Waals surface area contributed by atoms with E-state index in [0.29, 0.717) is 5.92 Å². The van der Waals surface area contributed by atoms with Gasteiger partial charge in [-0.15, -0.1) is 0 Å². The Kier molecular flexibility index (Phi) is 6.59. The van der Waals surface area contributed by atoms with Crippen LogP contribution in [0, 0.1) is 12.8 Å². The van der Waals surface area contributed by atoms with Crippen molar-refractivity contribution in [2.24, 2.45) is 5.92 Å². The van der Waals surface area contributed by atoms with E-state index >= 15 is 0 Å². The molecule has 1 aromatic carbocycles. The lowest BCUT2D eigenvalue weighted by atomic mass is 9.86. The van der Waals surface area contributed by atoms with Gasteiger partial charge in [0.15, 0.2) is 0 Å². The maximum absolute atomic E-state index is 9.81. The number of aliphatic hydroxyl groups is 1. The van der Waals surface area contributed by atoms with E-state index in [1.54, 1.807) is 0 Å². The Morgan fingerprint density at radius 3 is 3.00 bits per heavy atom. The Bertz CT molecular complexity index is 437. The quantitative estimate of drug-likeness (QED) is 0.717. The summed E-state index contributed by atoms with van der Waals surface area (Å²) in [6.45, 7) is 5.53. The van der Waals surface area contributed by atoms with Gasteiger partial charge in [0.05, 0.1) is 6.61 Å². The molecule has 0 amide bonds. The third kappa shape index (κ3) is 4.48. The molecule has 0 bridgehead atoms. The molecular weight excluding hydrogens is 278 g/mol. The second-order valence-corrected chi connectivity index (χ2v) is 7.37. The molecule has 1 fully saturated rings. The first-order valence-corrected chi connectivity index (χ1v) is 9.35. The van der Waals surface area contributed by atoms with Crippen molar-refractivity contribution in [3.63, 3.8) is 0 Å². The molecule has 0 aromatic heterocycles. The molecule has 2 nitrogen and oxygen atoms in total. The van der Waals surface area contributed by atoms with Gasteiger partial charge in [0.2, 0.25) is 0 Å². The van der Waals surface area contributed by atoms with Crippen LogP contribution in [-0.4, -0.2) is 29.5 Å². The van der Waals surface area contributed by atoms with Crippen LogP contribution in [0.5, 0.6) is 0 Å². The van der Waals surface area contributed by atoms with Gasteiger partial charge >= 0.3 is 0 Å². The Labute approximate surface area is 133 Å². The Balaban J connectivity index is 1.77. The minimum atomic E-state index is -0.00134. The number of aliphatic hydroxyl groups excluding tert-OH is 1. The number of thioether (sulfide) groups is 1. The number of nitrogens with one attached hydrogen (secondary N) is 1. The van der Waals surface area contributed by atoms with Crippen LogP contribution in [0.15, 0.2) is 24.3 Å². The van der Waals surface area contributed by atoms with Gasteiger partial charge in [-0.25, -0.2) is 0 Å². The highest BCUT2D eigenvalue weighted by atomic mass is 32.2. The molecule has 0 aliphatic heterocycles. The summed E-state index contributed by atoms with van der Waals surface area (Å²) in [6.07, 6.45) is 4.86. The number of rotatable bonds is 8. The molecule has 0 heterocycles. The molecule has 3 heteroatoms. The fourth-order valence-corrected chi connectivity index (χ4v) is 4.64. The third-order valence-electron chi connectivity index (χ3n) is 4.73. The minimum Gasteiger partial charge on any atom is -0.394 e. The SMILES string of the molecule is CCNC1(CO)CCCC1CCSCc1cccc(C)c1. The van der Waals surface area contributed by atoms with Crippen LogP contribution in [-0.2, 0) is 5.75 Å². The van der Waals surface area contributed by atoms with Crippen LogP contribution >= 0.6 is 11.8 Å². The monoisotopic (exact) mass is 307 g/mol. The number of likely N-dealkylation sites (N-methyl/N-ethyl adjacent to an activating group) is 1. The Morgan fingerprint density at radius 1 is 1.43 bits per heavy atom. The first-order chi connectivity index (χ1) is 10.2. The van der Waals surface area contributed by atoms with Crippen LogP contribution < -0.4 is 5.32 Å². The molecule has 21 heavy (non-hydrogen) atoms. The van der Waals surface area contributed by atoms with Crippen molar-refractivity contribution >= 4 is 11.8 Å². The number of aryl methyl sites for hydroxylation is 1. The zero-order valence-corrected chi connectivity index (χ0v) is 14.2. The van der Waals surface area contributed by atoms with Gasteiger partial charge in [-0.3, -0.25) is 0 Å². The molecule has 1 saturated carbocycles. The van der Waals surface area contributed by atoms with Crippen LogP contribution in [0.3, 0.4) is 0 Å². The van der Waals surface area contributed by atoms with Gasteiger partial charge in [0.1, 0.15) is 0 Å². The van der Waals surface area contributed by atoms with Crippen LogP contribution in [0.4, 0.5) is 0 Å². The maximum Gasteiger partial charge on any atom is 0.0616 e. The Hall–Kier alpha value is -0.510. The van der Waals surface area contributed by atoms with Crippen molar-refractivity contribution in [2.45, 2.75) is 50.8 Å². The van der Waals surface area contributed by atoms with E-state index in [0.717, 1.165) is 18.7 Å². The summed E-state index contributed by atoms with van der Waals surface area (Å²) in [4.78, 5) is 0. The molecule has 2 N–H and O–H groups in total. The first-order valence-electron chi connectivity index (χ1n) is 8.19. The van der Waals surface area contributed by atoms with E-state index in [-0.39, 0.29) is 12.1 Å². The number of hydrogen-bond acceptors (Lipinski definition) is 3. The second-order valence-electron chi connectivity index (χ2n) is 6.26. The zero-order valence-electron chi connectivity index (χ0n) is 13.4. The normalized spacial score (nSPS) is 25.4. The van der Waals surface area contributed by atoms with Crippen molar-refractivity contribution < 1.29 is 5.11 Å². The van der Waals surface area contributed by atoms with E-state index < -0.39 is 0 Å². The molecule has 2 rings (SSSR count). The average molecular weight is 308 g/mol. The smallest absolute Gasteiger partial charge is 0.0616 e. The van der Waals surface area contributed by atoms with E-state index in [9.17, 15) is 5.11 Å². The van der Waals surface area contributed by atoms with Crippen LogP contribution in [0.25, 0.3) is 0 Å². The molecule has 118 valence electrons. The van der Waals surface area contributed by atoms with E-state index in [1.807, 2.05) is 11.8 Å². The zero-order chi connectivity index (χ0) is 15.1. The Morgan fingerprint density at radius 2 is 2.29 bits per heavy atom. The lowest BCUT2D eigenvalue weighted by molar-refractivity contribution is 0.124. The predicted molar refractivity (Wildman–Crippen MR) is 92.8 cm³/mol.